The molecule has 5 heteroatoms. The first-order chi connectivity index (χ1) is 12.5. The van der Waals surface area contributed by atoms with Crippen LogP contribution < -0.4 is 9.64 Å². The number of rotatable bonds is 4. The van der Waals surface area contributed by atoms with Gasteiger partial charge in [0.05, 0.1) is 18.4 Å². The molecular weight excluding hydrogens is 328 g/mol. The zero-order valence-corrected chi connectivity index (χ0v) is 15.2. The molecule has 0 radical (unpaired) electrons. The van der Waals surface area contributed by atoms with E-state index in [1.807, 2.05) is 63.2 Å². The molecule has 0 spiro atoms. The molecule has 0 unspecified atom stereocenters. The molecule has 2 heterocycles. The Morgan fingerprint density at radius 3 is 2.42 bits per heavy atom. The normalized spacial score (nSPS) is 13.0. The molecule has 0 fully saturated rings. The van der Waals surface area contributed by atoms with Crippen molar-refractivity contribution in [2.45, 2.75) is 26.8 Å². The molecule has 1 amide bonds. The molecule has 26 heavy (non-hydrogen) atoms. The first-order valence-corrected chi connectivity index (χ1v) is 8.60. The number of ether oxygens (including phenoxy) is 1. The summed E-state index contributed by atoms with van der Waals surface area (Å²) >= 11 is 0. The van der Waals surface area contributed by atoms with E-state index in [9.17, 15) is 4.79 Å². The Balaban J connectivity index is 1.72. The Kier molecular flexibility index (Phi) is 3.80. The molecule has 0 saturated heterocycles. The number of methoxy groups -OCH3 is 1. The molecule has 0 bridgehead atoms. The Hall–Kier alpha value is -3.08. The van der Waals surface area contributed by atoms with Gasteiger partial charge in [0.15, 0.2) is 5.76 Å². The zero-order chi connectivity index (χ0) is 18.4. The molecule has 3 aromatic rings. The molecule has 2 aromatic carbocycles. The second-order valence-electron chi connectivity index (χ2n) is 6.71. The average molecular weight is 348 g/mol. The van der Waals surface area contributed by atoms with Gasteiger partial charge in [0, 0.05) is 22.7 Å². The summed E-state index contributed by atoms with van der Waals surface area (Å²) in [6.45, 7) is 6.01. The van der Waals surface area contributed by atoms with Gasteiger partial charge < -0.3 is 14.2 Å². The number of fused-ring (bicyclic) bond motifs is 1. The molecule has 1 aromatic heterocycles. The maximum Gasteiger partial charge on any atom is 0.260 e. The highest BCUT2D eigenvalue weighted by Crippen LogP contribution is 2.39. The van der Waals surface area contributed by atoms with Crippen molar-refractivity contribution in [1.29, 1.82) is 0 Å². The van der Waals surface area contributed by atoms with Gasteiger partial charge in [-0.2, -0.15) is 0 Å². The van der Waals surface area contributed by atoms with Crippen molar-refractivity contribution in [2.24, 2.45) is 0 Å². The van der Waals surface area contributed by atoms with Crippen LogP contribution >= 0.6 is 0 Å². The van der Waals surface area contributed by atoms with E-state index in [0.717, 1.165) is 45.1 Å². The van der Waals surface area contributed by atoms with Crippen molar-refractivity contribution >= 4 is 11.6 Å². The van der Waals surface area contributed by atoms with Crippen LogP contribution in [-0.4, -0.2) is 24.2 Å². The Bertz CT molecular complexity index is 987. The van der Waals surface area contributed by atoms with Gasteiger partial charge in [0.25, 0.3) is 5.91 Å². The number of carbonyl (C=O) groups excluding carboxylic acids is 1. The van der Waals surface area contributed by atoms with Crippen molar-refractivity contribution in [3.05, 3.63) is 53.6 Å². The summed E-state index contributed by atoms with van der Waals surface area (Å²) in [5.41, 5.74) is 5.38. The molecule has 0 N–H and O–H groups in total. The van der Waals surface area contributed by atoms with Crippen molar-refractivity contribution < 1.29 is 14.1 Å². The predicted molar refractivity (Wildman–Crippen MR) is 101 cm³/mol. The first kappa shape index (κ1) is 16.4. The van der Waals surface area contributed by atoms with Gasteiger partial charge in [-0.3, -0.25) is 4.79 Å². The molecular formula is C21H20N2O3. The number of hydrogen-bond donors (Lipinski definition) is 0. The number of hydrogen-bond acceptors (Lipinski definition) is 4. The van der Waals surface area contributed by atoms with Gasteiger partial charge in [0.2, 0.25) is 0 Å². The van der Waals surface area contributed by atoms with Crippen LogP contribution in [0.2, 0.25) is 0 Å². The van der Waals surface area contributed by atoms with E-state index in [1.165, 1.54) is 0 Å². The maximum absolute atomic E-state index is 12.1. The number of amides is 1. The summed E-state index contributed by atoms with van der Waals surface area (Å²) < 4.78 is 10.9. The van der Waals surface area contributed by atoms with Gasteiger partial charge >= 0.3 is 0 Å². The number of anilines is 1. The third kappa shape index (κ3) is 2.39. The van der Waals surface area contributed by atoms with E-state index in [2.05, 4.69) is 5.16 Å². The van der Waals surface area contributed by atoms with Crippen LogP contribution in [0.5, 0.6) is 5.75 Å². The average Bonchev–Trinajstić information content (AvgIpc) is 3.02. The topological polar surface area (TPSA) is 55.6 Å². The van der Waals surface area contributed by atoms with Crippen LogP contribution in [0.3, 0.4) is 0 Å². The molecule has 0 aliphatic carbocycles. The molecule has 132 valence electrons. The number of aromatic nitrogens is 1. The van der Waals surface area contributed by atoms with Crippen LogP contribution in [0.25, 0.3) is 22.6 Å². The Labute approximate surface area is 152 Å². The third-order valence-electron chi connectivity index (χ3n) is 4.77. The molecule has 1 aliphatic heterocycles. The van der Waals surface area contributed by atoms with E-state index in [-0.39, 0.29) is 11.9 Å². The molecule has 4 rings (SSSR count). The minimum atomic E-state index is 0.0785. The number of carbonyl (C=O) groups is 1. The Morgan fingerprint density at radius 2 is 1.77 bits per heavy atom. The summed E-state index contributed by atoms with van der Waals surface area (Å²) in [6, 6.07) is 13.6. The van der Waals surface area contributed by atoms with Gasteiger partial charge in [-0.15, -0.1) is 0 Å². The van der Waals surface area contributed by atoms with Crippen molar-refractivity contribution in [2.75, 3.05) is 12.0 Å². The van der Waals surface area contributed by atoms with Gasteiger partial charge in [-0.05, 0) is 57.2 Å². The van der Waals surface area contributed by atoms with Crippen LogP contribution in [0.1, 0.15) is 29.8 Å². The van der Waals surface area contributed by atoms with E-state index in [0.29, 0.717) is 0 Å². The van der Waals surface area contributed by atoms with E-state index < -0.39 is 0 Å². The second kappa shape index (κ2) is 6.02. The third-order valence-corrected chi connectivity index (χ3v) is 4.77. The van der Waals surface area contributed by atoms with E-state index in [1.54, 1.807) is 12.0 Å². The summed E-state index contributed by atoms with van der Waals surface area (Å²) in [5.74, 6) is 1.60. The standard InChI is InChI=1S/C21H20N2O3/c1-12(2)23-18-11-15(7-10-17(18)21(23)24)20-13(3)19(22-26-20)14-5-8-16(25-4)9-6-14/h5-12H,1-4H3. The van der Waals surface area contributed by atoms with Gasteiger partial charge in [0.1, 0.15) is 11.4 Å². The molecule has 1 aliphatic rings. The summed E-state index contributed by atoms with van der Waals surface area (Å²) in [6.07, 6.45) is 0. The lowest BCUT2D eigenvalue weighted by Gasteiger charge is -2.37. The fourth-order valence-electron chi connectivity index (χ4n) is 3.38. The minimum absolute atomic E-state index is 0.0785. The maximum atomic E-state index is 12.1. The largest absolute Gasteiger partial charge is 0.497 e. The fraction of sp³-hybridized carbons (Fsp3) is 0.238. The Morgan fingerprint density at radius 1 is 1.08 bits per heavy atom. The minimum Gasteiger partial charge on any atom is -0.497 e. The molecule has 5 nitrogen and oxygen atoms in total. The van der Waals surface area contributed by atoms with Crippen LogP contribution in [0, 0.1) is 6.92 Å². The summed E-state index contributed by atoms with van der Waals surface area (Å²) in [7, 11) is 1.64. The predicted octanol–water partition coefficient (Wildman–Crippen LogP) is 4.69. The lowest BCUT2D eigenvalue weighted by molar-refractivity contribution is 0.0958. The summed E-state index contributed by atoms with van der Waals surface area (Å²) in [4.78, 5) is 13.9. The number of benzene rings is 2. The molecule has 0 atom stereocenters. The monoisotopic (exact) mass is 348 g/mol. The van der Waals surface area contributed by atoms with Crippen LogP contribution in [0.4, 0.5) is 5.69 Å². The lowest BCUT2D eigenvalue weighted by atomic mass is 9.95. The van der Waals surface area contributed by atoms with Gasteiger partial charge in [-0.25, -0.2) is 0 Å². The molecule has 0 saturated carbocycles. The van der Waals surface area contributed by atoms with E-state index in [4.69, 9.17) is 9.26 Å². The van der Waals surface area contributed by atoms with E-state index >= 15 is 0 Å². The van der Waals surface area contributed by atoms with Crippen molar-refractivity contribution in [3.8, 4) is 28.3 Å². The second-order valence-corrected chi connectivity index (χ2v) is 6.71. The van der Waals surface area contributed by atoms with Gasteiger partial charge in [-0.1, -0.05) is 11.2 Å². The highest BCUT2D eigenvalue weighted by Gasteiger charge is 2.35. The first-order valence-electron chi connectivity index (χ1n) is 8.60. The smallest absolute Gasteiger partial charge is 0.260 e. The SMILES string of the molecule is COc1ccc(-c2noc(-c3ccc4c(c3)N(C(C)C)C4=O)c2C)cc1. The van der Waals surface area contributed by atoms with Crippen molar-refractivity contribution in [1.82, 2.24) is 5.16 Å². The van der Waals surface area contributed by atoms with Crippen LogP contribution in [0.15, 0.2) is 47.0 Å². The summed E-state index contributed by atoms with van der Waals surface area (Å²) in [5, 5.41) is 4.26. The highest BCUT2D eigenvalue weighted by atomic mass is 16.5. The highest BCUT2D eigenvalue weighted by molar-refractivity contribution is 6.20. The van der Waals surface area contributed by atoms with Crippen LogP contribution in [-0.2, 0) is 0 Å². The quantitative estimate of drug-likeness (QED) is 0.686. The van der Waals surface area contributed by atoms with Crippen molar-refractivity contribution in [3.63, 3.8) is 0 Å². The fourth-order valence-corrected chi connectivity index (χ4v) is 3.38. The number of nitrogens with zero attached hydrogens (tertiary/aromatic N) is 2. The lowest BCUT2D eigenvalue weighted by Crippen LogP contribution is -2.45. The zero-order valence-electron chi connectivity index (χ0n) is 15.2.